The average molecular weight is 553 g/mol. The molecule has 3 heteroatoms. The van der Waals surface area contributed by atoms with E-state index in [2.05, 4.69) is 6.92 Å². The number of rotatable bonds is 4. The maximum Gasteiger partial charge on any atom is 0.0657 e. The minimum atomic E-state index is 0.423. The van der Waals surface area contributed by atoms with Crippen LogP contribution in [0.3, 0.4) is 0 Å². The number of hydrogen-bond donors (Lipinski definition) is 2. The van der Waals surface area contributed by atoms with Crippen molar-refractivity contribution in [1.82, 2.24) is 0 Å². The van der Waals surface area contributed by atoms with E-state index < -0.39 is 0 Å². The van der Waals surface area contributed by atoms with Gasteiger partial charge in [-0.1, -0.05) is 13.2 Å². The first-order valence-corrected chi connectivity index (χ1v) is 19.2. The molecule has 0 aromatic rings. The summed E-state index contributed by atoms with van der Waals surface area (Å²) in [4.78, 5) is 0. The maximum absolute atomic E-state index is 6.66. The Labute approximate surface area is 247 Å². The predicted molar refractivity (Wildman–Crippen MR) is 158 cm³/mol. The van der Waals surface area contributed by atoms with Gasteiger partial charge in [0.05, 0.1) is 7.85 Å². The molecule has 27 atom stereocenters. The van der Waals surface area contributed by atoms with Crippen LogP contribution in [0.25, 0.3) is 0 Å². The van der Waals surface area contributed by atoms with Gasteiger partial charge in [-0.3, -0.25) is 0 Å². The Kier molecular flexibility index (Phi) is 3.18. The van der Waals surface area contributed by atoms with Gasteiger partial charge in [-0.25, -0.2) is 0 Å². The van der Waals surface area contributed by atoms with E-state index in [4.69, 9.17) is 33.1 Å². The van der Waals surface area contributed by atoms with Gasteiger partial charge >= 0.3 is 0 Å². The van der Waals surface area contributed by atoms with E-state index in [9.17, 15) is 0 Å². The Bertz CT molecular complexity index is 1290. The molecular weight excluding hydrogens is 507 g/mol. The summed E-state index contributed by atoms with van der Waals surface area (Å²) in [7, 11) is 6.66. The zero-order valence-electron chi connectivity index (χ0n) is 23.4. The Hall–Kier alpha value is 0.765. The van der Waals surface area contributed by atoms with Gasteiger partial charge in [0.25, 0.3) is 0 Å². The molecule has 14 fully saturated rings. The van der Waals surface area contributed by atoms with Crippen molar-refractivity contribution in [2.24, 2.45) is 159 Å². The van der Waals surface area contributed by atoms with Gasteiger partial charge in [-0.15, -0.1) is 0 Å². The van der Waals surface area contributed by atoms with Gasteiger partial charge < -0.3 is 0 Å². The first-order chi connectivity index (χ1) is 19.1. The Balaban J connectivity index is 0.761. The van der Waals surface area contributed by atoms with Crippen molar-refractivity contribution in [3.05, 3.63) is 0 Å². The van der Waals surface area contributed by atoms with Crippen LogP contribution in [-0.4, -0.2) is 18.3 Å². The molecule has 2 radical (unpaired) electrons. The molecule has 14 aliphatic carbocycles. The molecule has 0 aromatic carbocycles. The lowest BCUT2D eigenvalue weighted by molar-refractivity contribution is -0.509. The summed E-state index contributed by atoms with van der Waals surface area (Å²) < 4.78 is 0.423. The fraction of sp³-hybridized carbons (Fsp3) is 1.00. The lowest BCUT2D eigenvalue weighted by Crippen LogP contribution is -2.94. The minimum absolute atomic E-state index is 0.423. The zero-order valence-corrected chi connectivity index (χ0v) is 25.2. The Morgan fingerprint density at radius 2 is 1.10 bits per heavy atom. The maximum atomic E-state index is 6.66. The van der Waals surface area contributed by atoms with Crippen LogP contribution in [0.15, 0.2) is 0 Å². The van der Waals surface area contributed by atoms with Gasteiger partial charge in [0.2, 0.25) is 0 Å². The molecule has 14 rings (SSSR count). The van der Waals surface area contributed by atoms with Gasteiger partial charge in [-0.2, -0.15) is 25.3 Å². The van der Waals surface area contributed by atoms with Gasteiger partial charge in [-0.05, 0) is 197 Å². The third kappa shape index (κ3) is 1.64. The molecule has 0 saturated heterocycles. The summed E-state index contributed by atoms with van der Waals surface area (Å²) in [6, 6.07) is 0. The predicted octanol–water partition coefficient (Wildman–Crippen LogP) is 6.34. The normalized spacial score (nSPS) is 84.1. The molecule has 0 amide bonds. The van der Waals surface area contributed by atoms with Crippen molar-refractivity contribution in [2.45, 2.75) is 50.1 Å². The van der Waals surface area contributed by atoms with Crippen molar-refractivity contribution < 1.29 is 0 Å². The van der Waals surface area contributed by atoms with Crippen molar-refractivity contribution in [3.8, 4) is 0 Å². The highest BCUT2D eigenvalue weighted by molar-refractivity contribution is 7.82. The van der Waals surface area contributed by atoms with E-state index in [0.29, 0.717) is 10.2 Å². The van der Waals surface area contributed by atoms with Crippen molar-refractivity contribution in [2.75, 3.05) is 5.75 Å². The summed E-state index contributed by atoms with van der Waals surface area (Å²) >= 11 is 10.2. The summed E-state index contributed by atoms with van der Waals surface area (Å²) in [5, 5.41) is 0. The molecule has 0 heterocycles. The van der Waals surface area contributed by atoms with Gasteiger partial charge in [0.1, 0.15) is 0 Å². The molecule has 0 bridgehead atoms. The first-order valence-electron chi connectivity index (χ1n) is 18.2. The van der Waals surface area contributed by atoms with Crippen LogP contribution in [0, 0.1) is 159 Å². The number of fused-ring (bicyclic) bond motifs is 32. The van der Waals surface area contributed by atoms with Crippen LogP contribution >= 0.6 is 25.3 Å². The van der Waals surface area contributed by atoms with Gasteiger partial charge in [0, 0.05) is 4.75 Å². The molecule has 0 N–H and O–H groups in total. The molecule has 39 heavy (non-hydrogen) atoms. The van der Waals surface area contributed by atoms with Crippen LogP contribution in [0.1, 0.15) is 39.0 Å². The smallest absolute Gasteiger partial charge is 0.0657 e. The van der Waals surface area contributed by atoms with Crippen molar-refractivity contribution >= 4 is 33.1 Å². The Morgan fingerprint density at radius 3 is 1.59 bits per heavy atom. The quantitative estimate of drug-likeness (QED) is 0.227. The van der Waals surface area contributed by atoms with E-state index >= 15 is 0 Å². The standard InChI is InChI=1S/C36H45BS2/c1-2-36-12(5-35(39)6-13(35)36)10(7-37)16-19-22-25-28-29-26-23-20-17-14(9-3-4-9)11(8-38)15(17)18(20)21(23)24(26)27(29)30(28)31(25)32(22)33(19)34(16)36/h9-34,38-39H,2-8H2,1H3. The van der Waals surface area contributed by atoms with Crippen LogP contribution in [0.4, 0.5) is 0 Å². The number of thiol groups is 2. The molecule has 0 aliphatic heterocycles. The van der Waals surface area contributed by atoms with Crippen LogP contribution in [-0.2, 0) is 0 Å². The van der Waals surface area contributed by atoms with E-state index in [-0.39, 0.29) is 0 Å². The van der Waals surface area contributed by atoms with Gasteiger partial charge in [0.15, 0.2) is 0 Å². The van der Waals surface area contributed by atoms with Crippen LogP contribution in [0.2, 0.25) is 6.32 Å². The largest absolute Gasteiger partial charge is 0.179 e. The summed E-state index contributed by atoms with van der Waals surface area (Å²) in [6.07, 6.45) is 8.44. The highest BCUT2D eigenvalue weighted by Gasteiger charge is 2.95. The fourth-order valence-electron chi connectivity index (χ4n) is 20.5. The second-order valence-corrected chi connectivity index (χ2v) is 20.5. The molecular formula is C36H45BS2. The van der Waals surface area contributed by atoms with E-state index in [1.165, 1.54) is 114 Å². The third-order valence-electron chi connectivity index (χ3n) is 20.7. The third-order valence-corrected chi connectivity index (χ3v) is 21.8. The zero-order chi connectivity index (χ0) is 25.0. The second kappa shape index (κ2) is 5.78. The molecule has 27 unspecified atom stereocenters. The lowest BCUT2D eigenvalue weighted by Gasteiger charge is -2.97. The lowest BCUT2D eigenvalue weighted by atomic mass is 9.07. The minimum Gasteiger partial charge on any atom is -0.179 e. The van der Waals surface area contributed by atoms with E-state index in [0.717, 1.165) is 71.4 Å². The first kappa shape index (κ1) is 21.5. The SMILES string of the molecule is [B]CC1C2C3C4C5C6C7C8C9C%10C%11C(C%12CC%12)C(CS)C%11C%10C9C8C7C6C5C4C3C2C2(CC)C1CC1(S)CC12. The number of hydrogen-bond acceptors (Lipinski definition) is 2. The highest BCUT2D eigenvalue weighted by Crippen LogP contribution is 2.99. The van der Waals surface area contributed by atoms with Crippen LogP contribution < -0.4 is 0 Å². The molecule has 0 spiro atoms. The second-order valence-electron chi connectivity index (χ2n) is 19.3. The van der Waals surface area contributed by atoms with E-state index in [1.807, 2.05) is 0 Å². The van der Waals surface area contributed by atoms with Crippen molar-refractivity contribution in [3.63, 3.8) is 0 Å². The Morgan fingerprint density at radius 1 is 0.615 bits per heavy atom. The molecule has 14 saturated carbocycles. The van der Waals surface area contributed by atoms with Crippen LogP contribution in [0.5, 0.6) is 0 Å². The molecule has 0 aromatic heterocycles. The average Bonchev–Trinajstić information content (AvgIpc) is 3.80. The topological polar surface area (TPSA) is 0 Å². The van der Waals surface area contributed by atoms with Crippen molar-refractivity contribution in [1.29, 1.82) is 0 Å². The molecule has 14 aliphatic rings. The fourth-order valence-corrected chi connectivity index (χ4v) is 21.6. The molecule has 204 valence electrons. The van der Waals surface area contributed by atoms with E-state index in [1.54, 1.807) is 12.8 Å². The summed E-state index contributed by atoms with van der Waals surface area (Å²) in [5.41, 5.74) is 0.661. The molecule has 0 nitrogen and oxygen atoms in total. The monoisotopic (exact) mass is 552 g/mol. The summed E-state index contributed by atoms with van der Waals surface area (Å²) in [6.45, 7) is 2.58. The summed E-state index contributed by atoms with van der Waals surface area (Å²) in [5.74, 6) is 31.1. The highest BCUT2D eigenvalue weighted by atomic mass is 32.1.